The fraction of sp³-hybridized carbons (Fsp3) is 0.150. The van der Waals surface area contributed by atoms with Gasteiger partial charge in [-0.25, -0.2) is 5.01 Å². The van der Waals surface area contributed by atoms with Crippen LogP contribution in [0.15, 0.2) is 69.7 Å². The van der Waals surface area contributed by atoms with Gasteiger partial charge in [-0.05, 0) is 35.7 Å². The Labute approximate surface area is 159 Å². The van der Waals surface area contributed by atoms with Gasteiger partial charge in [-0.2, -0.15) is 5.10 Å². The number of rotatable bonds is 6. The molecule has 0 fully saturated rings. The fourth-order valence-corrected chi connectivity index (χ4v) is 3.67. The van der Waals surface area contributed by atoms with Gasteiger partial charge in [-0.3, -0.25) is 9.59 Å². The number of hydrogen-bond acceptors (Lipinski definition) is 6. The number of furan rings is 1. The number of carbonyl (C=O) groups is 2. The molecule has 1 unspecified atom stereocenters. The predicted octanol–water partition coefficient (Wildman–Crippen LogP) is 3.91. The summed E-state index contributed by atoms with van der Waals surface area (Å²) in [4.78, 5) is 24.9. The predicted molar refractivity (Wildman–Crippen MR) is 101 cm³/mol. The number of hydrazone groups is 1. The molecule has 6 nitrogen and oxygen atoms in total. The smallest absolute Gasteiger partial charge is 0.281 e. The first-order valence-electron chi connectivity index (χ1n) is 8.40. The number of amides is 1. The monoisotopic (exact) mass is 380 g/mol. The zero-order chi connectivity index (χ0) is 18.6. The van der Waals surface area contributed by atoms with Crippen LogP contribution in [0.1, 0.15) is 33.5 Å². The first-order valence-corrected chi connectivity index (χ1v) is 9.28. The number of nitrogens with zero attached hydrogens (tertiary/aromatic N) is 2. The first-order chi connectivity index (χ1) is 13.3. The molecule has 0 saturated carbocycles. The van der Waals surface area contributed by atoms with E-state index in [0.29, 0.717) is 29.8 Å². The van der Waals surface area contributed by atoms with Crippen LogP contribution in [0.25, 0.3) is 0 Å². The number of hydrogen-bond donors (Lipinski definition) is 0. The molecule has 27 heavy (non-hydrogen) atoms. The van der Waals surface area contributed by atoms with Gasteiger partial charge >= 0.3 is 0 Å². The lowest BCUT2D eigenvalue weighted by atomic mass is 10.1. The highest BCUT2D eigenvalue weighted by atomic mass is 32.1. The Morgan fingerprint density at radius 3 is 2.89 bits per heavy atom. The quantitative estimate of drug-likeness (QED) is 0.608. The molecular weight excluding hydrogens is 364 g/mol. The van der Waals surface area contributed by atoms with E-state index in [1.807, 2.05) is 23.6 Å². The van der Waals surface area contributed by atoms with Gasteiger partial charge in [-0.1, -0.05) is 18.2 Å². The van der Waals surface area contributed by atoms with Crippen molar-refractivity contribution in [3.05, 3.63) is 76.4 Å². The van der Waals surface area contributed by atoms with Gasteiger partial charge in [0.05, 0.1) is 22.4 Å². The van der Waals surface area contributed by atoms with Crippen LogP contribution in [0.3, 0.4) is 0 Å². The third kappa shape index (κ3) is 3.54. The minimum absolute atomic E-state index is 0.219. The molecule has 1 atom stereocenters. The van der Waals surface area contributed by atoms with Crippen LogP contribution < -0.4 is 4.74 Å². The van der Waals surface area contributed by atoms with Crippen molar-refractivity contribution in [3.63, 3.8) is 0 Å². The van der Waals surface area contributed by atoms with Gasteiger partial charge in [0.1, 0.15) is 17.6 Å². The molecule has 1 amide bonds. The molecule has 7 heteroatoms. The second kappa shape index (κ2) is 7.59. The summed E-state index contributed by atoms with van der Waals surface area (Å²) in [6, 6.07) is 14.0. The third-order valence-corrected chi connectivity index (χ3v) is 5.16. The normalized spacial score (nSPS) is 16.2. The van der Waals surface area contributed by atoms with Gasteiger partial charge in [-0.15, -0.1) is 11.3 Å². The molecule has 136 valence electrons. The van der Waals surface area contributed by atoms with Crippen molar-refractivity contribution in [1.29, 1.82) is 0 Å². The summed E-state index contributed by atoms with van der Waals surface area (Å²) >= 11 is 1.58. The van der Waals surface area contributed by atoms with Crippen molar-refractivity contribution in [1.82, 2.24) is 5.01 Å². The average Bonchev–Trinajstić information content (AvgIpc) is 3.46. The van der Waals surface area contributed by atoms with Crippen LogP contribution in [-0.4, -0.2) is 29.5 Å². The van der Waals surface area contributed by atoms with E-state index in [0.717, 1.165) is 10.6 Å². The molecule has 0 N–H and O–H groups in total. The molecule has 3 heterocycles. The summed E-state index contributed by atoms with van der Waals surface area (Å²) in [6.07, 6.45) is 2.86. The van der Waals surface area contributed by atoms with Crippen molar-refractivity contribution in [3.8, 4) is 5.75 Å². The summed E-state index contributed by atoms with van der Waals surface area (Å²) in [5.41, 5.74) is 1.24. The summed E-state index contributed by atoms with van der Waals surface area (Å²) in [6.45, 7) is -0.219. The highest BCUT2D eigenvalue weighted by molar-refractivity contribution is 7.12. The maximum Gasteiger partial charge on any atom is 0.281 e. The Morgan fingerprint density at radius 1 is 1.26 bits per heavy atom. The van der Waals surface area contributed by atoms with Gasteiger partial charge < -0.3 is 9.15 Å². The fourth-order valence-electron chi connectivity index (χ4n) is 2.95. The second-order valence-corrected chi connectivity index (χ2v) is 6.89. The average molecular weight is 380 g/mol. The molecule has 1 aromatic carbocycles. The molecule has 1 aliphatic rings. The second-order valence-electron chi connectivity index (χ2n) is 5.94. The Kier molecular flexibility index (Phi) is 4.84. The number of benzene rings is 1. The maximum absolute atomic E-state index is 12.8. The van der Waals surface area contributed by atoms with Gasteiger partial charge in [0.25, 0.3) is 5.91 Å². The first kappa shape index (κ1) is 17.2. The maximum atomic E-state index is 12.8. The van der Waals surface area contributed by atoms with E-state index in [1.54, 1.807) is 47.9 Å². The van der Waals surface area contributed by atoms with E-state index in [9.17, 15) is 9.59 Å². The zero-order valence-electron chi connectivity index (χ0n) is 14.3. The number of para-hydroxylation sites is 1. The molecule has 1 aliphatic heterocycles. The Bertz CT molecular complexity index is 964. The zero-order valence-corrected chi connectivity index (χ0v) is 15.1. The molecule has 0 bridgehead atoms. The van der Waals surface area contributed by atoms with Crippen molar-refractivity contribution < 1.29 is 18.7 Å². The lowest BCUT2D eigenvalue weighted by molar-refractivity contribution is -0.135. The molecule has 0 spiro atoms. The lowest BCUT2D eigenvalue weighted by Crippen LogP contribution is -2.31. The minimum Gasteiger partial charge on any atom is -0.483 e. The minimum atomic E-state index is -0.311. The molecule has 3 aromatic rings. The van der Waals surface area contributed by atoms with Crippen LogP contribution in [0.5, 0.6) is 5.75 Å². The molecular formula is C20H16N2O4S. The van der Waals surface area contributed by atoms with E-state index in [4.69, 9.17) is 9.15 Å². The highest BCUT2D eigenvalue weighted by Gasteiger charge is 2.35. The van der Waals surface area contributed by atoms with E-state index in [-0.39, 0.29) is 18.6 Å². The van der Waals surface area contributed by atoms with Crippen molar-refractivity contribution in [2.45, 2.75) is 12.5 Å². The molecule has 2 aromatic heterocycles. The van der Waals surface area contributed by atoms with Crippen molar-refractivity contribution in [2.24, 2.45) is 5.10 Å². The van der Waals surface area contributed by atoms with Crippen molar-refractivity contribution in [2.75, 3.05) is 6.61 Å². The van der Waals surface area contributed by atoms with E-state index in [1.165, 1.54) is 5.01 Å². The van der Waals surface area contributed by atoms with E-state index >= 15 is 0 Å². The van der Waals surface area contributed by atoms with E-state index < -0.39 is 0 Å². The van der Waals surface area contributed by atoms with Gasteiger partial charge in [0.2, 0.25) is 0 Å². The SMILES string of the molecule is O=Cc1ccccc1OCC(=O)N1N=C(c2cccs2)CC1c1ccco1. The van der Waals surface area contributed by atoms with Crippen molar-refractivity contribution >= 4 is 29.2 Å². The Morgan fingerprint density at radius 2 is 2.15 bits per heavy atom. The van der Waals surface area contributed by atoms with Crippen LogP contribution >= 0.6 is 11.3 Å². The standard InChI is InChI=1S/C20H16N2O4S/c23-12-14-5-1-2-6-17(14)26-13-20(24)22-16(18-7-3-9-25-18)11-15(21-22)19-8-4-10-27-19/h1-10,12,16H,11,13H2. The summed E-state index contributed by atoms with van der Waals surface area (Å²) in [7, 11) is 0. The lowest BCUT2D eigenvalue weighted by Gasteiger charge is -2.20. The molecule has 0 radical (unpaired) electrons. The van der Waals surface area contributed by atoms with Crippen LogP contribution in [-0.2, 0) is 4.79 Å². The van der Waals surface area contributed by atoms with Crippen LogP contribution in [0, 0.1) is 0 Å². The summed E-state index contributed by atoms with van der Waals surface area (Å²) < 4.78 is 11.1. The van der Waals surface area contributed by atoms with Crippen LogP contribution in [0.2, 0.25) is 0 Å². The number of ether oxygens (including phenoxy) is 1. The third-order valence-electron chi connectivity index (χ3n) is 4.24. The summed E-state index contributed by atoms with van der Waals surface area (Å²) in [5, 5.41) is 7.91. The molecule has 4 rings (SSSR count). The van der Waals surface area contributed by atoms with Gasteiger partial charge in [0.15, 0.2) is 12.9 Å². The van der Waals surface area contributed by atoms with Crippen LogP contribution in [0.4, 0.5) is 0 Å². The van der Waals surface area contributed by atoms with Gasteiger partial charge in [0, 0.05) is 6.42 Å². The number of thiophene rings is 1. The Hall–Kier alpha value is -3.19. The number of carbonyl (C=O) groups excluding carboxylic acids is 2. The number of aldehydes is 1. The molecule has 0 saturated heterocycles. The Balaban J connectivity index is 1.54. The highest BCUT2D eigenvalue weighted by Crippen LogP contribution is 2.34. The van der Waals surface area contributed by atoms with E-state index in [2.05, 4.69) is 5.10 Å². The molecule has 0 aliphatic carbocycles. The largest absolute Gasteiger partial charge is 0.483 e. The topological polar surface area (TPSA) is 72.1 Å². The summed E-state index contributed by atoms with van der Waals surface area (Å²) in [5.74, 6) is 0.743.